The summed E-state index contributed by atoms with van der Waals surface area (Å²) in [4.78, 5) is 0. The lowest BCUT2D eigenvalue weighted by Gasteiger charge is -2.10. The molecule has 0 atom stereocenters. The molecule has 2 rings (SSSR count). The summed E-state index contributed by atoms with van der Waals surface area (Å²) in [5.74, 6) is 0. The SMILES string of the molecule is Cc1ccc(NC(=S)NC2CC2)cc1Br. The van der Waals surface area contributed by atoms with Crippen LogP contribution in [0.15, 0.2) is 22.7 Å². The molecule has 0 heterocycles. The Morgan fingerprint density at radius 1 is 1.47 bits per heavy atom. The fraction of sp³-hybridized carbons (Fsp3) is 0.364. The minimum atomic E-state index is 0.596. The van der Waals surface area contributed by atoms with Crippen molar-refractivity contribution >= 4 is 38.9 Å². The molecular weight excluding hydrogens is 272 g/mol. The zero-order valence-electron chi connectivity index (χ0n) is 8.51. The first kappa shape index (κ1) is 10.9. The highest BCUT2D eigenvalue weighted by molar-refractivity contribution is 9.10. The molecule has 1 fully saturated rings. The van der Waals surface area contributed by atoms with Crippen LogP contribution < -0.4 is 10.6 Å². The number of hydrogen-bond acceptors (Lipinski definition) is 1. The van der Waals surface area contributed by atoms with Crippen molar-refractivity contribution in [2.75, 3.05) is 5.32 Å². The molecule has 0 spiro atoms. The molecule has 0 bridgehead atoms. The van der Waals surface area contributed by atoms with Crippen molar-refractivity contribution in [3.8, 4) is 0 Å². The molecule has 0 amide bonds. The molecule has 15 heavy (non-hydrogen) atoms. The topological polar surface area (TPSA) is 24.1 Å². The molecule has 2 N–H and O–H groups in total. The van der Waals surface area contributed by atoms with E-state index in [0.29, 0.717) is 11.2 Å². The molecule has 2 nitrogen and oxygen atoms in total. The third-order valence-corrected chi connectivity index (χ3v) is 3.42. The monoisotopic (exact) mass is 284 g/mol. The second kappa shape index (κ2) is 4.49. The maximum Gasteiger partial charge on any atom is 0.170 e. The Kier molecular flexibility index (Phi) is 3.26. The zero-order valence-corrected chi connectivity index (χ0v) is 10.9. The van der Waals surface area contributed by atoms with Gasteiger partial charge in [0.15, 0.2) is 5.11 Å². The zero-order chi connectivity index (χ0) is 10.8. The van der Waals surface area contributed by atoms with Crippen LogP contribution in [0.3, 0.4) is 0 Å². The van der Waals surface area contributed by atoms with E-state index in [2.05, 4.69) is 39.6 Å². The fourth-order valence-corrected chi connectivity index (χ4v) is 1.91. The predicted molar refractivity (Wildman–Crippen MR) is 71.3 cm³/mol. The lowest BCUT2D eigenvalue weighted by atomic mass is 10.2. The molecule has 0 aliphatic heterocycles. The smallest absolute Gasteiger partial charge is 0.170 e. The average molecular weight is 285 g/mol. The van der Waals surface area contributed by atoms with Gasteiger partial charge in [-0.1, -0.05) is 22.0 Å². The summed E-state index contributed by atoms with van der Waals surface area (Å²) in [6.45, 7) is 2.06. The second-order valence-electron chi connectivity index (χ2n) is 3.84. The van der Waals surface area contributed by atoms with Gasteiger partial charge in [-0.05, 0) is 49.7 Å². The Morgan fingerprint density at radius 2 is 2.20 bits per heavy atom. The van der Waals surface area contributed by atoms with Crippen LogP contribution in [0, 0.1) is 6.92 Å². The largest absolute Gasteiger partial charge is 0.360 e. The highest BCUT2D eigenvalue weighted by Gasteiger charge is 2.21. The Labute approximate surface area is 104 Å². The number of halogens is 1. The third-order valence-electron chi connectivity index (χ3n) is 2.34. The van der Waals surface area contributed by atoms with E-state index in [1.807, 2.05) is 12.1 Å². The van der Waals surface area contributed by atoms with Crippen molar-refractivity contribution in [3.63, 3.8) is 0 Å². The molecule has 1 aliphatic rings. The van der Waals surface area contributed by atoms with E-state index in [9.17, 15) is 0 Å². The number of nitrogens with one attached hydrogen (secondary N) is 2. The summed E-state index contributed by atoms with van der Waals surface area (Å²) in [6.07, 6.45) is 2.47. The van der Waals surface area contributed by atoms with E-state index in [4.69, 9.17) is 12.2 Å². The third kappa shape index (κ3) is 3.18. The van der Waals surface area contributed by atoms with E-state index < -0.39 is 0 Å². The van der Waals surface area contributed by atoms with E-state index in [-0.39, 0.29) is 0 Å². The summed E-state index contributed by atoms with van der Waals surface area (Å²) in [7, 11) is 0. The van der Waals surface area contributed by atoms with Gasteiger partial charge >= 0.3 is 0 Å². The van der Waals surface area contributed by atoms with Gasteiger partial charge in [-0.3, -0.25) is 0 Å². The number of aryl methyl sites for hydroxylation is 1. The Bertz CT molecular complexity index is 388. The normalized spacial score (nSPS) is 14.8. The molecular formula is C11H13BrN2S. The van der Waals surface area contributed by atoms with Crippen LogP contribution in [0.2, 0.25) is 0 Å². The average Bonchev–Trinajstić information content (AvgIpc) is 2.95. The summed E-state index contributed by atoms with van der Waals surface area (Å²) in [5.41, 5.74) is 2.24. The first-order chi connectivity index (χ1) is 7.15. The Hall–Kier alpha value is -0.610. The summed E-state index contributed by atoms with van der Waals surface area (Å²) in [6, 6.07) is 6.72. The summed E-state index contributed by atoms with van der Waals surface area (Å²) >= 11 is 8.69. The highest BCUT2D eigenvalue weighted by atomic mass is 79.9. The standard InChI is InChI=1S/C11H13BrN2S/c1-7-2-3-9(6-10(7)12)14-11(15)13-8-4-5-8/h2-3,6,8H,4-5H2,1H3,(H2,13,14,15). The van der Waals surface area contributed by atoms with Gasteiger partial charge in [0.05, 0.1) is 0 Å². The van der Waals surface area contributed by atoms with Gasteiger partial charge in [0, 0.05) is 16.2 Å². The van der Waals surface area contributed by atoms with Crippen molar-refractivity contribution in [2.45, 2.75) is 25.8 Å². The first-order valence-electron chi connectivity index (χ1n) is 4.99. The number of thiocarbonyl (C=S) groups is 1. The van der Waals surface area contributed by atoms with E-state index in [1.165, 1.54) is 18.4 Å². The van der Waals surface area contributed by atoms with Gasteiger partial charge in [0.2, 0.25) is 0 Å². The highest BCUT2D eigenvalue weighted by Crippen LogP contribution is 2.21. The number of benzene rings is 1. The first-order valence-corrected chi connectivity index (χ1v) is 6.19. The maximum atomic E-state index is 5.19. The summed E-state index contributed by atoms with van der Waals surface area (Å²) in [5, 5.41) is 7.13. The van der Waals surface area contributed by atoms with Gasteiger partial charge in [-0.25, -0.2) is 0 Å². The van der Waals surface area contributed by atoms with Crippen molar-refractivity contribution in [1.29, 1.82) is 0 Å². The van der Waals surface area contributed by atoms with Crippen molar-refractivity contribution in [1.82, 2.24) is 5.32 Å². The van der Waals surface area contributed by atoms with Crippen molar-refractivity contribution in [2.24, 2.45) is 0 Å². The van der Waals surface area contributed by atoms with Crippen LogP contribution in [-0.4, -0.2) is 11.2 Å². The second-order valence-corrected chi connectivity index (χ2v) is 5.10. The minimum Gasteiger partial charge on any atom is -0.360 e. The van der Waals surface area contributed by atoms with Gasteiger partial charge < -0.3 is 10.6 Å². The van der Waals surface area contributed by atoms with Gasteiger partial charge in [-0.15, -0.1) is 0 Å². The van der Waals surface area contributed by atoms with E-state index in [1.54, 1.807) is 0 Å². The maximum absolute atomic E-state index is 5.19. The van der Waals surface area contributed by atoms with Gasteiger partial charge in [0.25, 0.3) is 0 Å². The molecule has 1 saturated carbocycles. The minimum absolute atomic E-state index is 0.596. The van der Waals surface area contributed by atoms with Crippen LogP contribution in [0.25, 0.3) is 0 Å². The Morgan fingerprint density at radius 3 is 2.80 bits per heavy atom. The van der Waals surface area contributed by atoms with E-state index >= 15 is 0 Å². The number of rotatable bonds is 2. The van der Waals surface area contributed by atoms with Crippen LogP contribution in [0.4, 0.5) is 5.69 Å². The fourth-order valence-electron chi connectivity index (χ4n) is 1.25. The molecule has 0 saturated heterocycles. The number of hydrogen-bond donors (Lipinski definition) is 2. The van der Waals surface area contributed by atoms with E-state index in [0.717, 1.165) is 10.2 Å². The molecule has 1 aromatic rings. The van der Waals surface area contributed by atoms with Gasteiger partial charge in [-0.2, -0.15) is 0 Å². The molecule has 1 aliphatic carbocycles. The quantitative estimate of drug-likeness (QED) is 0.816. The number of anilines is 1. The van der Waals surface area contributed by atoms with Crippen molar-refractivity contribution in [3.05, 3.63) is 28.2 Å². The molecule has 0 radical (unpaired) electrons. The van der Waals surface area contributed by atoms with Crippen LogP contribution in [0.5, 0.6) is 0 Å². The summed E-state index contributed by atoms with van der Waals surface area (Å²) < 4.78 is 1.10. The lowest BCUT2D eigenvalue weighted by molar-refractivity contribution is 0.919. The lowest BCUT2D eigenvalue weighted by Crippen LogP contribution is -2.30. The molecule has 0 aromatic heterocycles. The Balaban J connectivity index is 1.97. The van der Waals surface area contributed by atoms with Crippen LogP contribution in [0.1, 0.15) is 18.4 Å². The van der Waals surface area contributed by atoms with Crippen LogP contribution >= 0.6 is 28.1 Å². The molecule has 4 heteroatoms. The van der Waals surface area contributed by atoms with Crippen LogP contribution in [-0.2, 0) is 0 Å². The predicted octanol–water partition coefficient (Wildman–Crippen LogP) is 3.21. The molecule has 80 valence electrons. The van der Waals surface area contributed by atoms with Gasteiger partial charge in [0.1, 0.15) is 0 Å². The molecule has 0 unspecified atom stereocenters. The molecule has 1 aromatic carbocycles. The van der Waals surface area contributed by atoms with Crippen molar-refractivity contribution < 1.29 is 0 Å².